The molecule has 0 unspecified atom stereocenters. The zero-order chi connectivity index (χ0) is 17.7. The van der Waals surface area contributed by atoms with Crippen LogP contribution < -0.4 is 15.5 Å². The summed E-state index contributed by atoms with van der Waals surface area (Å²) in [5, 5.41) is 5.73. The Morgan fingerprint density at radius 3 is 2.62 bits per heavy atom. The standard InChI is InChI=1S/C15H25N5O3S/c1-19(2)14-10-12(4-7-16-14)11-17-15(21)18-13-5-8-20(9-6-13)24(3,22)23/h4,7,10,13H,5-6,8-9,11H2,1-3H3,(H2,17,18,21). The molecule has 134 valence electrons. The van der Waals surface area contributed by atoms with Gasteiger partial charge in [0.15, 0.2) is 0 Å². The molecular weight excluding hydrogens is 330 g/mol. The highest BCUT2D eigenvalue weighted by Gasteiger charge is 2.25. The van der Waals surface area contributed by atoms with Crippen molar-refractivity contribution in [1.82, 2.24) is 19.9 Å². The minimum absolute atomic E-state index is 0.00206. The van der Waals surface area contributed by atoms with Crippen LogP contribution in [0.4, 0.5) is 10.6 Å². The van der Waals surface area contributed by atoms with Crippen molar-refractivity contribution in [2.45, 2.75) is 25.4 Å². The second kappa shape index (κ2) is 7.80. The second-order valence-corrected chi connectivity index (χ2v) is 8.16. The number of hydrogen-bond acceptors (Lipinski definition) is 5. The SMILES string of the molecule is CN(C)c1cc(CNC(=O)NC2CCN(S(C)(=O)=O)CC2)ccn1. The lowest BCUT2D eigenvalue weighted by Gasteiger charge is -2.30. The minimum atomic E-state index is -3.14. The molecule has 2 N–H and O–H groups in total. The average molecular weight is 355 g/mol. The number of anilines is 1. The fraction of sp³-hybridized carbons (Fsp3) is 0.600. The van der Waals surface area contributed by atoms with Crippen LogP contribution in [0.2, 0.25) is 0 Å². The molecule has 0 spiro atoms. The van der Waals surface area contributed by atoms with Gasteiger partial charge in [0.05, 0.1) is 6.26 Å². The Kier molecular flexibility index (Phi) is 6.00. The highest BCUT2D eigenvalue weighted by atomic mass is 32.2. The zero-order valence-corrected chi connectivity index (χ0v) is 15.1. The maximum absolute atomic E-state index is 12.0. The number of amides is 2. The number of hydrogen-bond donors (Lipinski definition) is 2. The smallest absolute Gasteiger partial charge is 0.315 e. The number of aromatic nitrogens is 1. The number of carbonyl (C=O) groups excluding carboxylic acids is 1. The van der Waals surface area contributed by atoms with Crippen LogP contribution in [0.25, 0.3) is 0 Å². The maximum atomic E-state index is 12.0. The Morgan fingerprint density at radius 2 is 2.04 bits per heavy atom. The fourth-order valence-corrected chi connectivity index (χ4v) is 3.44. The predicted octanol–water partition coefficient (Wildman–Crippen LogP) is 0.371. The summed E-state index contributed by atoms with van der Waals surface area (Å²) in [6.07, 6.45) is 4.18. The molecule has 1 aromatic rings. The fourth-order valence-electron chi connectivity index (χ4n) is 2.57. The van der Waals surface area contributed by atoms with Crippen LogP contribution in [-0.4, -0.2) is 63.2 Å². The van der Waals surface area contributed by atoms with Gasteiger partial charge in [-0.3, -0.25) is 0 Å². The molecule has 0 aliphatic carbocycles. The lowest BCUT2D eigenvalue weighted by molar-refractivity contribution is 0.227. The number of nitrogens with zero attached hydrogens (tertiary/aromatic N) is 3. The summed E-state index contributed by atoms with van der Waals surface area (Å²) in [5.74, 6) is 0.836. The Balaban J connectivity index is 1.77. The van der Waals surface area contributed by atoms with E-state index < -0.39 is 10.0 Å². The van der Waals surface area contributed by atoms with Gasteiger partial charge < -0.3 is 15.5 Å². The van der Waals surface area contributed by atoms with E-state index in [1.807, 2.05) is 31.1 Å². The van der Waals surface area contributed by atoms with Gasteiger partial charge in [-0.05, 0) is 30.5 Å². The third-order valence-electron chi connectivity index (χ3n) is 3.98. The van der Waals surface area contributed by atoms with E-state index in [0.717, 1.165) is 11.4 Å². The van der Waals surface area contributed by atoms with Crippen molar-refractivity contribution in [2.24, 2.45) is 0 Å². The Labute approximate surface area is 143 Å². The van der Waals surface area contributed by atoms with Gasteiger partial charge in [0.1, 0.15) is 5.82 Å². The van der Waals surface area contributed by atoms with Gasteiger partial charge in [0.2, 0.25) is 10.0 Å². The molecule has 1 aromatic heterocycles. The maximum Gasteiger partial charge on any atom is 0.315 e. The van der Waals surface area contributed by atoms with Gasteiger partial charge in [0.25, 0.3) is 0 Å². The number of nitrogens with one attached hydrogen (secondary N) is 2. The van der Waals surface area contributed by atoms with Crippen molar-refractivity contribution >= 4 is 21.9 Å². The van der Waals surface area contributed by atoms with Crippen LogP contribution in [-0.2, 0) is 16.6 Å². The molecule has 9 heteroatoms. The van der Waals surface area contributed by atoms with Crippen molar-refractivity contribution in [2.75, 3.05) is 38.3 Å². The van der Waals surface area contributed by atoms with E-state index >= 15 is 0 Å². The van der Waals surface area contributed by atoms with Crippen molar-refractivity contribution in [3.63, 3.8) is 0 Å². The molecule has 1 saturated heterocycles. The normalized spacial score (nSPS) is 16.6. The summed E-state index contributed by atoms with van der Waals surface area (Å²) in [4.78, 5) is 18.1. The number of pyridine rings is 1. The minimum Gasteiger partial charge on any atom is -0.363 e. The second-order valence-electron chi connectivity index (χ2n) is 6.18. The highest BCUT2D eigenvalue weighted by Crippen LogP contribution is 2.13. The third kappa shape index (κ3) is 5.34. The summed E-state index contributed by atoms with van der Waals surface area (Å²) in [6.45, 7) is 1.30. The molecule has 0 radical (unpaired) electrons. The first-order chi connectivity index (χ1) is 11.3. The van der Waals surface area contributed by atoms with Gasteiger partial charge in [-0.2, -0.15) is 0 Å². The number of carbonyl (C=O) groups is 1. The van der Waals surface area contributed by atoms with Crippen molar-refractivity contribution < 1.29 is 13.2 Å². The van der Waals surface area contributed by atoms with Gasteiger partial charge in [0, 0.05) is 46.0 Å². The Hall–Kier alpha value is -1.87. The molecule has 0 atom stereocenters. The van der Waals surface area contributed by atoms with Crippen LogP contribution in [0.5, 0.6) is 0 Å². The van der Waals surface area contributed by atoms with Crippen LogP contribution in [0.15, 0.2) is 18.3 Å². The first-order valence-electron chi connectivity index (χ1n) is 7.87. The van der Waals surface area contributed by atoms with E-state index in [4.69, 9.17) is 0 Å². The number of urea groups is 1. The first-order valence-corrected chi connectivity index (χ1v) is 9.72. The van der Waals surface area contributed by atoms with Crippen LogP contribution >= 0.6 is 0 Å². The van der Waals surface area contributed by atoms with Crippen LogP contribution in [0.3, 0.4) is 0 Å². The number of rotatable bonds is 5. The predicted molar refractivity (Wildman–Crippen MR) is 93.4 cm³/mol. The van der Waals surface area contributed by atoms with Gasteiger partial charge in [-0.25, -0.2) is 22.5 Å². The lowest BCUT2D eigenvalue weighted by atomic mass is 10.1. The Bertz CT molecular complexity index is 669. The van der Waals surface area contributed by atoms with E-state index in [9.17, 15) is 13.2 Å². The van der Waals surface area contributed by atoms with E-state index in [1.165, 1.54) is 10.6 Å². The molecule has 24 heavy (non-hydrogen) atoms. The van der Waals surface area contributed by atoms with E-state index in [2.05, 4.69) is 15.6 Å². The summed E-state index contributed by atoms with van der Waals surface area (Å²) >= 11 is 0. The topological polar surface area (TPSA) is 94.6 Å². The highest BCUT2D eigenvalue weighted by molar-refractivity contribution is 7.88. The Morgan fingerprint density at radius 1 is 1.38 bits per heavy atom. The molecule has 0 saturated carbocycles. The molecule has 0 bridgehead atoms. The van der Waals surface area contributed by atoms with E-state index in [0.29, 0.717) is 32.5 Å². The molecule has 1 aliphatic heterocycles. The van der Waals surface area contributed by atoms with Crippen molar-refractivity contribution in [1.29, 1.82) is 0 Å². The van der Waals surface area contributed by atoms with Crippen molar-refractivity contribution in [3.8, 4) is 0 Å². The van der Waals surface area contributed by atoms with Crippen LogP contribution in [0, 0.1) is 0 Å². The molecule has 2 rings (SSSR count). The molecule has 0 aromatic carbocycles. The monoisotopic (exact) mass is 355 g/mol. The number of sulfonamides is 1. The zero-order valence-electron chi connectivity index (χ0n) is 14.3. The summed E-state index contributed by atoms with van der Waals surface area (Å²) in [5.41, 5.74) is 0.968. The van der Waals surface area contributed by atoms with Gasteiger partial charge >= 0.3 is 6.03 Å². The quantitative estimate of drug-likeness (QED) is 0.796. The molecule has 2 heterocycles. The van der Waals surface area contributed by atoms with E-state index in [-0.39, 0.29) is 12.1 Å². The third-order valence-corrected chi connectivity index (χ3v) is 5.28. The molecule has 2 amide bonds. The molecular formula is C15H25N5O3S. The first kappa shape index (κ1) is 18.5. The van der Waals surface area contributed by atoms with Crippen molar-refractivity contribution in [3.05, 3.63) is 23.9 Å². The average Bonchev–Trinajstić information content (AvgIpc) is 2.53. The van der Waals surface area contributed by atoms with E-state index in [1.54, 1.807) is 6.20 Å². The summed E-state index contributed by atoms with van der Waals surface area (Å²) in [7, 11) is 0.684. The van der Waals surface area contributed by atoms with Crippen LogP contribution in [0.1, 0.15) is 18.4 Å². The molecule has 1 aliphatic rings. The lowest BCUT2D eigenvalue weighted by Crippen LogP contribution is -2.48. The summed E-state index contributed by atoms with van der Waals surface area (Å²) < 4.78 is 24.4. The van der Waals surface area contributed by atoms with Gasteiger partial charge in [-0.1, -0.05) is 0 Å². The molecule has 8 nitrogen and oxygen atoms in total. The largest absolute Gasteiger partial charge is 0.363 e. The molecule has 1 fully saturated rings. The summed E-state index contributed by atoms with van der Waals surface area (Å²) in [6, 6.07) is 3.54. The van der Waals surface area contributed by atoms with Gasteiger partial charge in [-0.15, -0.1) is 0 Å². The number of piperidine rings is 1.